The van der Waals surface area contributed by atoms with Crippen LogP contribution in [0.5, 0.6) is 0 Å². The lowest BCUT2D eigenvalue weighted by Gasteiger charge is -2.60. The summed E-state index contributed by atoms with van der Waals surface area (Å²) in [7, 11) is 0. The molecule has 0 radical (unpaired) electrons. The average molecular weight is 755 g/mol. The second-order valence-electron chi connectivity index (χ2n) is 18.3. The first-order chi connectivity index (χ1) is 25.1. The van der Waals surface area contributed by atoms with E-state index in [1.165, 1.54) is 12.5 Å². The summed E-state index contributed by atoms with van der Waals surface area (Å²) in [6, 6.07) is 0. The van der Waals surface area contributed by atoms with E-state index in [4.69, 9.17) is 28.4 Å². The van der Waals surface area contributed by atoms with E-state index >= 15 is 0 Å². The molecule has 1 spiro atoms. The van der Waals surface area contributed by atoms with Crippen molar-refractivity contribution >= 4 is 0 Å². The smallest absolute Gasteiger partial charge is 0.187 e. The topological polar surface area (TPSA) is 217 Å². The highest BCUT2D eigenvalue weighted by atomic mass is 16.7. The van der Waals surface area contributed by atoms with Gasteiger partial charge in [0.25, 0.3) is 0 Å². The SMILES string of the molecule is C[C@@H]1O[C@H](O[C@@H]2[C@@H](O)[C@H](O)[C@@H](O[C@@H]3CC[C@]4(C)C(=CC[C@H]5[C@H]6C[C@@H]7O[C@]8(CC[C@H](CO)CO8)[C@H](C)[C@]7(O)[C@@]6(C)CC[C@H]54)C3)O[C@H]2CO)[C@@H](O)[C@H](O)[C@H]1O. The molecule has 8 rings (SSSR count). The third-order valence-electron chi connectivity index (χ3n) is 16.0. The molecule has 8 aliphatic rings. The predicted molar refractivity (Wildman–Crippen MR) is 184 cm³/mol. The van der Waals surface area contributed by atoms with E-state index in [1.54, 1.807) is 0 Å². The molecule has 0 unspecified atom stereocenters. The summed E-state index contributed by atoms with van der Waals surface area (Å²) in [6.07, 6.45) is -4.42. The summed E-state index contributed by atoms with van der Waals surface area (Å²) < 4.78 is 36.7. The van der Waals surface area contributed by atoms with Crippen LogP contribution in [0.3, 0.4) is 0 Å². The van der Waals surface area contributed by atoms with Crippen molar-refractivity contribution in [3.8, 4) is 0 Å². The largest absolute Gasteiger partial charge is 0.396 e. The maximum absolute atomic E-state index is 12.7. The first-order valence-electron chi connectivity index (χ1n) is 20.1. The van der Waals surface area contributed by atoms with E-state index in [2.05, 4.69) is 26.8 Å². The second-order valence-corrected chi connectivity index (χ2v) is 18.3. The molecule has 4 aliphatic heterocycles. The highest BCUT2D eigenvalue weighted by Crippen LogP contribution is 2.72. The quantitative estimate of drug-likeness (QED) is 0.173. The molecule has 302 valence electrons. The number of hydrogen-bond donors (Lipinski definition) is 8. The number of allylic oxidation sites excluding steroid dienone is 1. The van der Waals surface area contributed by atoms with Crippen molar-refractivity contribution in [3.63, 3.8) is 0 Å². The van der Waals surface area contributed by atoms with Crippen LogP contribution in [-0.2, 0) is 28.4 Å². The van der Waals surface area contributed by atoms with Crippen molar-refractivity contribution < 1.29 is 69.3 Å². The van der Waals surface area contributed by atoms with Gasteiger partial charge in [0.1, 0.15) is 48.3 Å². The van der Waals surface area contributed by atoms with Crippen LogP contribution in [0.4, 0.5) is 0 Å². The summed E-state index contributed by atoms with van der Waals surface area (Å²) in [4.78, 5) is 0. The van der Waals surface area contributed by atoms with Crippen LogP contribution in [0.1, 0.15) is 85.5 Å². The van der Waals surface area contributed by atoms with Crippen molar-refractivity contribution in [1.82, 2.24) is 0 Å². The summed E-state index contributed by atoms with van der Waals surface area (Å²) >= 11 is 0. The fourth-order valence-electron chi connectivity index (χ4n) is 12.6. The molecule has 21 atom stereocenters. The van der Waals surface area contributed by atoms with Crippen molar-refractivity contribution in [3.05, 3.63) is 11.6 Å². The molecule has 0 aromatic rings. The van der Waals surface area contributed by atoms with Gasteiger partial charge in [-0.2, -0.15) is 0 Å². The Morgan fingerprint density at radius 1 is 0.811 bits per heavy atom. The van der Waals surface area contributed by atoms with Gasteiger partial charge in [-0.05, 0) is 81.5 Å². The van der Waals surface area contributed by atoms with Gasteiger partial charge in [-0.3, -0.25) is 0 Å². The summed E-state index contributed by atoms with van der Waals surface area (Å²) in [5, 5.41) is 85.5. The Bertz CT molecular complexity index is 1370. The molecule has 0 amide bonds. The van der Waals surface area contributed by atoms with E-state index < -0.39 is 79.4 Å². The number of aliphatic hydroxyl groups is 8. The molecule has 4 aliphatic carbocycles. The van der Waals surface area contributed by atoms with Gasteiger partial charge in [-0.15, -0.1) is 0 Å². The zero-order valence-electron chi connectivity index (χ0n) is 31.4. The molecule has 0 aromatic heterocycles. The number of ether oxygens (including phenoxy) is 6. The van der Waals surface area contributed by atoms with Gasteiger partial charge in [-0.1, -0.05) is 32.4 Å². The van der Waals surface area contributed by atoms with Crippen molar-refractivity contribution in [2.24, 2.45) is 40.4 Å². The third kappa shape index (κ3) is 5.79. The van der Waals surface area contributed by atoms with Crippen molar-refractivity contribution in [1.29, 1.82) is 0 Å². The normalized spacial score (nSPS) is 58.0. The first kappa shape index (κ1) is 39.0. The van der Waals surface area contributed by atoms with Gasteiger partial charge in [0.2, 0.25) is 0 Å². The highest BCUT2D eigenvalue weighted by Gasteiger charge is 2.76. The highest BCUT2D eigenvalue weighted by molar-refractivity contribution is 5.29. The van der Waals surface area contributed by atoms with Crippen molar-refractivity contribution in [2.75, 3.05) is 19.8 Å². The van der Waals surface area contributed by atoms with Crippen LogP contribution in [0.15, 0.2) is 11.6 Å². The fraction of sp³-hybridized carbons (Fsp3) is 0.949. The minimum Gasteiger partial charge on any atom is -0.396 e. The molecule has 0 aromatic carbocycles. The molecular formula is C39H62O14. The molecule has 4 heterocycles. The van der Waals surface area contributed by atoms with E-state index in [9.17, 15) is 40.9 Å². The first-order valence-corrected chi connectivity index (χ1v) is 20.1. The van der Waals surface area contributed by atoms with Gasteiger partial charge in [-0.25, -0.2) is 0 Å². The number of aliphatic hydroxyl groups excluding tert-OH is 7. The van der Waals surface area contributed by atoms with Crippen LogP contribution in [0.2, 0.25) is 0 Å². The van der Waals surface area contributed by atoms with Gasteiger partial charge in [0, 0.05) is 30.3 Å². The van der Waals surface area contributed by atoms with Crippen molar-refractivity contribution in [2.45, 2.75) is 170 Å². The van der Waals surface area contributed by atoms with Gasteiger partial charge in [0.05, 0.1) is 31.5 Å². The van der Waals surface area contributed by atoms with E-state index in [1.807, 2.05) is 0 Å². The Hall–Kier alpha value is -0.820. The monoisotopic (exact) mass is 754 g/mol. The fourth-order valence-corrected chi connectivity index (χ4v) is 12.6. The average Bonchev–Trinajstić information content (AvgIpc) is 3.50. The van der Waals surface area contributed by atoms with Crippen LogP contribution in [0.25, 0.3) is 0 Å². The van der Waals surface area contributed by atoms with E-state index in [0.717, 1.165) is 38.5 Å². The molecule has 8 N–H and O–H groups in total. The van der Waals surface area contributed by atoms with Crippen LogP contribution in [0, 0.1) is 40.4 Å². The number of fused-ring (bicyclic) bond motifs is 7. The molecule has 14 nitrogen and oxygen atoms in total. The minimum absolute atomic E-state index is 0.0435. The lowest BCUT2D eigenvalue weighted by molar-refractivity contribution is -0.360. The number of rotatable bonds is 6. The summed E-state index contributed by atoms with van der Waals surface area (Å²) in [6.45, 7) is 8.25. The Morgan fingerprint density at radius 3 is 2.25 bits per heavy atom. The Kier molecular flexibility index (Phi) is 10.3. The van der Waals surface area contributed by atoms with Crippen LogP contribution in [-0.4, -0.2) is 146 Å². The Morgan fingerprint density at radius 2 is 1.55 bits per heavy atom. The molecule has 0 bridgehead atoms. The molecule has 3 saturated carbocycles. The molecule has 7 fully saturated rings. The third-order valence-corrected chi connectivity index (χ3v) is 16.0. The zero-order valence-corrected chi connectivity index (χ0v) is 31.4. The van der Waals surface area contributed by atoms with E-state index in [-0.39, 0.29) is 41.5 Å². The standard InChI is InChI=1S/C39H62O14/c1-18-28(42)29(43)31(45)34(49-18)52-33-26(16-41)51-35(32(46)30(33)44)50-22-8-10-36(3)21(13-22)5-6-23-24(36)9-11-37(4)25(23)14-27-39(37,47)19(2)38(53-27)12-7-20(15-40)17-48-38/h5,18-20,22-35,40-47H,6-17H2,1-4H3/t18-,19-,20+,22+,23+,24+,25+,26-,27-,28-,29+,30-,31-,32-,33-,34+,35-,36+,37-,38+,39+/m0/s1. The number of hydrogen-bond acceptors (Lipinski definition) is 14. The summed E-state index contributed by atoms with van der Waals surface area (Å²) in [5.74, 6) is 0.302. The minimum atomic E-state index is -1.63. The molecule has 53 heavy (non-hydrogen) atoms. The maximum Gasteiger partial charge on any atom is 0.187 e. The van der Waals surface area contributed by atoms with E-state index in [0.29, 0.717) is 43.6 Å². The van der Waals surface area contributed by atoms with Gasteiger partial charge < -0.3 is 69.3 Å². The predicted octanol–water partition coefficient (Wildman–Crippen LogP) is 0.477. The lowest BCUT2D eigenvalue weighted by Crippen LogP contribution is -2.64. The molecular weight excluding hydrogens is 692 g/mol. The molecule has 14 heteroatoms. The lowest BCUT2D eigenvalue weighted by atomic mass is 9.46. The Labute approximate surface area is 311 Å². The van der Waals surface area contributed by atoms with Crippen LogP contribution >= 0.6 is 0 Å². The zero-order chi connectivity index (χ0) is 37.8. The van der Waals surface area contributed by atoms with Gasteiger partial charge >= 0.3 is 0 Å². The van der Waals surface area contributed by atoms with Crippen LogP contribution < -0.4 is 0 Å². The summed E-state index contributed by atoms with van der Waals surface area (Å²) in [5.41, 5.74) is -0.00451. The Balaban J connectivity index is 0.923. The van der Waals surface area contributed by atoms with Gasteiger partial charge in [0.15, 0.2) is 18.4 Å². The second kappa shape index (κ2) is 13.9. The maximum atomic E-state index is 12.7. The molecule has 4 saturated heterocycles.